The summed E-state index contributed by atoms with van der Waals surface area (Å²) in [5.41, 5.74) is 0.349. The lowest BCUT2D eigenvalue weighted by atomic mass is 10.0. The standard InChI is InChI=1S/C17H27N3O4S.ClH/c1-12(2)19-25(22,23)16-10-13(7-8-15(16)24-4)17(21)20-9-5-6-14(11-20)18-3;/h7-8,10,12,14,18-19H,5-6,9,11H2,1-4H3;1H. The number of likely N-dealkylation sites (N-methyl/N-ethyl adjacent to an activating group) is 1. The van der Waals surface area contributed by atoms with Crippen molar-refractivity contribution in [3.8, 4) is 5.75 Å². The highest BCUT2D eigenvalue weighted by Crippen LogP contribution is 2.26. The van der Waals surface area contributed by atoms with Crippen LogP contribution in [-0.2, 0) is 10.0 Å². The zero-order valence-corrected chi connectivity index (χ0v) is 17.2. The van der Waals surface area contributed by atoms with Crippen molar-refractivity contribution in [2.75, 3.05) is 27.2 Å². The number of hydrogen-bond acceptors (Lipinski definition) is 5. The first-order valence-corrected chi connectivity index (χ1v) is 9.93. The van der Waals surface area contributed by atoms with Crippen LogP contribution >= 0.6 is 12.4 Å². The molecule has 1 unspecified atom stereocenters. The Kier molecular flexibility index (Phi) is 8.33. The van der Waals surface area contributed by atoms with Crippen molar-refractivity contribution in [1.29, 1.82) is 0 Å². The number of sulfonamides is 1. The number of ether oxygens (including phenoxy) is 1. The molecular weight excluding hydrogens is 378 g/mol. The highest BCUT2D eigenvalue weighted by molar-refractivity contribution is 7.89. The van der Waals surface area contributed by atoms with Crippen LogP contribution in [0.4, 0.5) is 0 Å². The molecule has 1 aliphatic heterocycles. The molecule has 1 heterocycles. The molecule has 9 heteroatoms. The number of amides is 1. The summed E-state index contributed by atoms with van der Waals surface area (Å²) in [4.78, 5) is 14.6. The van der Waals surface area contributed by atoms with Gasteiger partial charge in [-0.15, -0.1) is 12.4 Å². The summed E-state index contributed by atoms with van der Waals surface area (Å²) in [5, 5.41) is 3.20. The van der Waals surface area contributed by atoms with Gasteiger partial charge in [0.2, 0.25) is 10.0 Å². The van der Waals surface area contributed by atoms with Crippen LogP contribution in [0.3, 0.4) is 0 Å². The van der Waals surface area contributed by atoms with E-state index in [2.05, 4.69) is 10.0 Å². The van der Waals surface area contributed by atoms with Crippen LogP contribution in [0.25, 0.3) is 0 Å². The molecule has 2 N–H and O–H groups in total. The lowest BCUT2D eigenvalue weighted by molar-refractivity contribution is 0.0698. The van der Waals surface area contributed by atoms with Crippen molar-refractivity contribution >= 4 is 28.3 Å². The molecule has 0 aliphatic carbocycles. The highest BCUT2D eigenvalue weighted by atomic mass is 35.5. The third kappa shape index (κ3) is 5.33. The fourth-order valence-corrected chi connectivity index (χ4v) is 4.42. The van der Waals surface area contributed by atoms with Gasteiger partial charge in [-0.25, -0.2) is 13.1 Å². The molecule has 26 heavy (non-hydrogen) atoms. The van der Waals surface area contributed by atoms with E-state index in [0.29, 0.717) is 18.7 Å². The van der Waals surface area contributed by atoms with E-state index < -0.39 is 10.0 Å². The van der Waals surface area contributed by atoms with Gasteiger partial charge in [-0.1, -0.05) is 0 Å². The number of nitrogens with zero attached hydrogens (tertiary/aromatic N) is 1. The number of benzene rings is 1. The van der Waals surface area contributed by atoms with E-state index in [1.165, 1.54) is 19.2 Å². The van der Waals surface area contributed by atoms with Crippen LogP contribution in [0.15, 0.2) is 23.1 Å². The summed E-state index contributed by atoms with van der Waals surface area (Å²) >= 11 is 0. The van der Waals surface area contributed by atoms with E-state index in [-0.39, 0.29) is 41.0 Å². The van der Waals surface area contributed by atoms with E-state index in [9.17, 15) is 13.2 Å². The fraction of sp³-hybridized carbons (Fsp3) is 0.588. The first-order chi connectivity index (χ1) is 11.8. The number of carbonyl (C=O) groups is 1. The van der Waals surface area contributed by atoms with E-state index in [1.54, 1.807) is 24.8 Å². The molecule has 1 saturated heterocycles. The number of halogens is 1. The zero-order valence-electron chi connectivity index (χ0n) is 15.6. The Bertz CT molecular complexity index is 725. The molecule has 1 aliphatic rings. The van der Waals surface area contributed by atoms with Crippen molar-refractivity contribution in [2.45, 2.75) is 43.7 Å². The summed E-state index contributed by atoms with van der Waals surface area (Å²) < 4.78 is 32.8. The van der Waals surface area contributed by atoms with Crippen LogP contribution in [-0.4, -0.2) is 58.6 Å². The van der Waals surface area contributed by atoms with Gasteiger partial charge < -0.3 is 15.0 Å². The topological polar surface area (TPSA) is 87.7 Å². The Morgan fingerprint density at radius 3 is 2.62 bits per heavy atom. The van der Waals surface area contributed by atoms with Crippen LogP contribution in [0.5, 0.6) is 5.75 Å². The molecule has 0 aromatic heterocycles. The molecule has 1 amide bonds. The Labute approximate surface area is 161 Å². The van der Waals surface area contributed by atoms with Gasteiger partial charge in [0.25, 0.3) is 5.91 Å². The van der Waals surface area contributed by atoms with Gasteiger partial charge in [0.1, 0.15) is 10.6 Å². The minimum absolute atomic E-state index is 0. The van der Waals surface area contributed by atoms with Crippen molar-refractivity contribution in [3.05, 3.63) is 23.8 Å². The number of carbonyl (C=O) groups excluding carboxylic acids is 1. The Morgan fingerprint density at radius 1 is 1.35 bits per heavy atom. The molecule has 1 fully saturated rings. The molecular formula is C17H28ClN3O4S. The summed E-state index contributed by atoms with van der Waals surface area (Å²) in [5.74, 6) is 0.0556. The first kappa shape index (κ1) is 22.7. The molecule has 0 saturated carbocycles. The number of piperidine rings is 1. The summed E-state index contributed by atoms with van der Waals surface area (Å²) in [7, 11) is -0.469. The third-order valence-electron chi connectivity index (χ3n) is 4.21. The van der Waals surface area contributed by atoms with Crippen molar-refractivity contribution < 1.29 is 17.9 Å². The highest BCUT2D eigenvalue weighted by Gasteiger charge is 2.26. The lowest BCUT2D eigenvalue weighted by Crippen LogP contribution is -2.47. The van der Waals surface area contributed by atoms with Gasteiger partial charge in [-0.2, -0.15) is 0 Å². The maximum atomic E-state index is 12.8. The quantitative estimate of drug-likeness (QED) is 0.751. The minimum atomic E-state index is -3.76. The van der Waals surface area contributed by atoms with Gasteiger partial charge in [-0.3, -0.25) is 4.79 Å². The van der Waals surface area contributed by atoms with E-state index >= 15 is 0 Å². The summed E-state index contributed by atoms with van der Waals surface area (Å²) in [6, 6.07) is 4.55. The second kappa shape index (κ2) is 9.55. The predicted molar refractivity (Wildman–Crippen MR) is 104 cm³/mol. The van der Waals surface area contributed by atoms with Gasteiger partial charge in [0.05, 0.1) is 7.11 Å². The fourth-order valence-electron chi connectivity index (χ4n) is 2.97. The van der Waals surface area contributed by atoms with Crippen LogP contribution in [0.1, 0.15) is 37.0 Å². The average Bonchev–Trinajstić information content (AvgIpc) is 2.59. The molecule has 148 valence electrons. The van der Waals surface area contributed by atoms with E-state index in [1.807, 2.05) is 7.05 Å². The van der Waals surface area contributed by atoms with Gasteiger partial charge in [-0.05, 0) is 51.9 Å². The second-order valence-corrected chi connectivity index (χ2v) is 8.20. The Morgan fingerprint density at radius 2 is 2.04 bits per heavy atom. The van der Waals surface area contributed by atoms with Crippen LogP contribution in [0, 0.1) is 0 Å². The van der Waals surface area contributed by atoms with Crippen LogP contribution in [0.2, 0.25) is 0 Å². The maximum absolute atomic E-state index is 12.8. The molecule has 1 aromatic rings. The predicted octanol–water partition coefficient (Wildman–Crippen LogP) is 1.63. The number of likely N-dealkylation sites (tertiary alicyclic amines) is 1. The van der Waals surface area contributed by atoms with Crippen LogP contribution < -0.4 is 14.8 Å². The van der Waals surface area contributed by atoms with Gasteiger partial charge in [0, 0.05) is 30.7 Å². The SMILES string of the molecule is CNC1CCCN(C(=O)c2ccc(OC)c(S(=O)(=O)NC(C)C)c2)C1.Cl. The molecule has 0 radical (unpaired) electrons. The maximum Gasteiger partial charge on any atom is 0.253 e. The molecule has 1 aromatic carbocycles. The summed E-state index contributed by atoms with van der Waals surface area (Å²) in [6.45, 7) is 4.78. The number of methoxy groups -OCH3 is 1. The number of hydrogen-bond donors (Lipinski definition) is 2. The van der Waals surface area contributed by atoms with Gasteiger partial charge >= 0.3 is 0 Å². The zero-order chi connectivity index (χ0) is 18.6. The molecule has 0 spiro atoms. The number of nitrogens with one attached hydrogen (secondary N) is 2. The largest absolute Gasteiger partial charge is 0.495 e. The van der Waals surface area contributed by atoms with Gasteiger partial charge in [0.15, 0.2) is 0 Å². The molecule has 2 rings (SSSR count). The first-order valence-electron chi connectivity index (χ1n) is 8.45. The smallest absolute Gasteiger partial charge is 0.253 e. The van der Waals surface area contributed by atoms with Crippen molar-refractivity contribution in [3.63, 3.8) is 0 Å². The van der Waals surface area contributed by atoms with E-state index in [4.69, 9.17) is 4.74 Å². The Hall–Kier alpha value is -1.35. The molecule has 0 bridgehead atoms. The van der Waals surface area contributed by atoms with Crippen molar-refractivity contribution in [2.24, 2.45) is 0 Å². The second-order valence-electron chi connectivity index (χ2n) is 6.52. The normalized spacial score (nSPS) is 17.7. The molecule has 1 atom stereocenters. The number of rotatable bonds is 6. The van der Waals surface area contributed by atoms with Crippen molar-refractivity contribution in [1.82, 2.24) is 14.9 Å². The van der Waals surface area contributed by atoms with E-state index in [0.717, 1.165) is 12.8 Å². The third-order valence-corrected chi connectivity index (χ3v) is 5.89. The Balaban J connectivity index is 0.00000338. The summed E-state index contributed by atoms with van der Waals surface area (Å²) in [6.07, 6.45) is 1.95. The average molecular weight is 406 g/mol. The monoisotopic (exact) mass is 405 g/mol. The minimum Gasteiger partial charge on any atom is -0.495 e. The lowest BCUT2D eigenvalue weighted by Gasteiger charge is -2.32. The molecule has 7 nitrogen and oxygen atoms in total.